The van der Waals surface area contributed by atoms with Gasteiger partial charge in [-0.15, -0.1) is 0 Å². The zero-order valence-corrected chi connectivity index (χ0v) is 19.3. The molecular formula is C26H20ClN3O5. The fourth-order valence-electron chi connectivity index (χ4n) is 3.44. The van der Waals surface area contributed by atoms with E-state index in [1.54, 1.807) is 42.5 Å². The second kappa shape index (κ2) is 10.2. The van der Waals surface area contributed by atoms with Gasteiger partial charge in [0.05, 0.1) is 5.69 Å². The second-order valence-electron chi connectivity index (χ2n) is 7.72. The van der Waals surface area contributed by atoms with E-state index in [0.717, 1.165) is 10.5 Å². The molecule has 0 aliphatic carbocycles. The first-order valence-corrected chi connectivity index (χ1v) is 10.9. The molecule has 2 N–H and O–H groups in total. The number of barbiturate groups is 1. The lowest BCUT2D eigenvalue weighted by Gasteiger charge is -2.26. The van der Waals surface area contributed by atoms with Crippen LogP contribution in [-0.2, 0) is 14.4 Å². The smallest absolute Gasteiger partial charge is 0.335 e. The Labute approximate surface area is 206 Å². The van der Waals surface area contributed by atoms with Crippen LogP contribution in [0.25, 0.3) is 6.08 Å². The minimum absolute atomic E-state index is 0.232. The number of nitrogens with zero attached hydrogens (tertiary/aromatic N) is 1. The molecular weight excluding hydrogens is 470 g/mol. The minimum atomic E-state index is -0.865. The highest BCUT2D eigenvalue weighted by Crippen LogP contribution is 2.25. The van der Waals surface area contributed by atoms with Gasteiger partial charge in [0.2, 0.25) is 0 Å². The maximum Gasteiger partial charge on any atom is 0.335 e. The number of aryl methyl sites for hydroxylation is 1. The molecule has 0 aromatic heterocycles. The van der Waals surface area contributed by atoms with Crippen LogP contribution < -0.4 is 20.3 Å². The number of nitrogens with one attached hydrogen (secondary N) is 2. The normalized spacial score (nSPS) is 14.6. The van der Waals surface area contributed by atoms with E-state index in [1.807, 2.05) is 25.1 Å². The molecule has 0 atom stereocenters. The summed E-state index contributed by atoms with van der Waals surface area (Å²) in [5, 5.41) is 5.25. The van der Waals surface area contributed by atoms with Crippen molar-refractivity contribution in [1.82, 2.24) is 5.32 Å². The van der Waals surface area contributed by atoms with Crippen molar-refractivity contribution in [2.24, 2.45) is 0 Å². The monoisotopic (exact) mass is 489 g/mol. The van der Waals surface area contributed by atoms with Crippen LogP contribution in [0.2, 0.25) is 5.02 Å². The van der Waals surface area contributed by atoms with E-state index in [9.17, 15) is 19.2 Å². The van der Waals surface area contributed by atoms with Crippen LogP contribution in [0.5, 0.6) is 5.75 Å². The molecule has 0 unspecified atom stereocenters. The second-order valence-corrected chi connectivity index (χ2v) is 8.15. The number of carbonyl (C=O) groups excluding carboxylic acids is 4. The van der Waals surface area contributed by atoms with Crippen LogP contribution in [0.3, 0.4) is 0 Å². The zero-order valence-electron chi connectivity index (χ0n) is 18.6. The first-order valence-electron chi connectivity index (χ1n) is 10.6. The summed E-state index contributed by atoms with van der Waals surface area (Å²) in [6.45, 7) is 1.69. The lowest BCUT2D eigenvalue weighted by atomic mass is 10.1. The third-order valence-corrected chi connectivity index (χ3v) is 5.24. The molecule has 5 amide bonds. The van der Waals surface area contributed by atoms with E-state index in [0.29, 0.717) is 22.0 Å². The first-order chi connectivity index (χ1) is 16.8. The van der Waals surface area contributed by atoms with Gasteiger partial charge in [-0.2, -0.15) is 0 Å². The van der Waals surface area contributed by atoms with Crippen molar-refractivity contribution in [3.8, 4) is 5.75 Å². The molecule has 1 fully saturated rings. The van der Waals surface area contributed by atoms with Crippen LogP contribution in [0, 0.1) is 6.92 Å². The molecule has 1 saturated heterocycles. The summed E-state index contributed by atoms with van der Waals surface area (Å²) >= 11 is 5.98. The third-order valence-electron chi connectivity index (χ3n) is 5.01. The lowest BCUT2D eigenvalue weighted by Crippen LogP contribution is -2.54. The Bertz CT molecular complexity index is 1370. The molecule has 35 heavy (non-hydrogen) atoms. The number of halogens is 1. The van der Waals surface area contributed by atoms with Crippen molar-refractivity contribution in [3.05, 3.63) is 94.5 Å². The largest absolute Gasteiger partial charge is 0.484 e. The van der Waals surface area contributed by atoms with Gasteiger partial charge in [0.1, 0.15) is 11.3 Å². The van der Waals surface area contributed by atoms with Gasteiger partial charge in [0.15, 0.2) is 6.61 Å². The summed E-state index contributed by atoms with van der Waals surface area (Å²) in [6, 6.07) is 19.2. The SMILES string of the molecule is Cc1cccc(NC(=O)COc2cccc(/C=C3\C(=O)NC(=O)N(c4cccc(Cl)c4)C3=O)c2)c1. The molecule has 3 aromatic rings. The van der Waals surface area contributed by atoms with Gasteiger partial charge in [0, 0.05) is 10.7 Å². The number of ether oxygens (including phenoxy) is 1. The van der Waals surface area contributed by atoms with E-state index >= 15 is 0 Å². The van der Waals surface area contributed by atoms with Gasteiger partial charge in [-0.3, -0.25) is 19.7 Å². The number of urea groups is 1. The van der Waals surface area contributed by atoms with Crippen molar-refractivity contribution in [1.29, 1.82) is 0 Å². The number of hydrogen-bond acceptors (Lipinski definition) is 5. The third kappa shape index (κ3) is 5.74. The average Bonchev–Trinajstić information content (AvgIpc) is 2.81. The Morgan fingerprint density at radius 1 is 1.03 bits per heavy atom. The summed E-state index contributed by atoms with van der Waals surface area (Å²) in [6.07, 6.45) is 1.35. The van der Waals surface area contributed by atoms with Gasteiger partial charge < -0.3 is 10.1 Å². The molecule has 9 heteroatoms. The van der Waals surface area contributed by atoms with Crippen molar-refractivity contribution >= 4 is 52.8 Å². The molecule has 0 spiro atoms. The van der Waals surface area contributed by atoms with Gasteiger partial charge in [0.25, 0.3) is 17.7 Å². The number of anilines is 2. The van der Waals surface area contributed by atoms with Crippen LogP contribution in [0.1, 0.15) is 11.1 Å². The van der Waals surface area contributed by atoms with E-state index in [1.165, 1.54) is 18.2 Å². The molecule has 4 rings (SSSR count). The van der Waals surface area contributed by atoms with E-state index < -0.39 is 17.8 Å². The van der Waals surface area contributed by atoms with Gasteiger partial charge >= 0.3 is 6.03 Å². The molecule has 0 bridgehead atoms. The number of amides is 5. The standard InChI is InChI=1S/C26H20ClN3O5/c1-16-5-2-8-19(11-16)28-23(31)15-35-21-10-3-6-17(12-21)13-22-24(32)29-26(34)30(25(22)33)20-9-4-7-18(27)14-20/h2-14H,15H2,1H3,(H,28,31)(H,29,32,34)/b22-13+. The molecule has 176 valence electrons. The Hall–Kier alpha value is -4.43. The maximum atomic E-state index is 13.0. The highest BCUT2D eigenvalue weighted by atomic mass is 35.5. The molecule has 1 heterocycles. The summed E-state index contributed by atoms with van der Waals surface area (Å²) in [5.41, 5.74) is 2.15. The van der Waals surface area contributed by atoms with Crippen molar-refractivity contribution in [2.45, 2.75) is 6.92 Å². The van der Waals surface area contributed by atoms with Gasteiger partial charge in [-0.25, -0.2) is 9.69 Å². The number of hydrogen-bond donors (Lipinski definition) is 2. The predicted molar refractivity (Wildman–Crippen MR) is 132 cm³/mol. The molecule has 1 aliphatic rings. The Morgan fingerprint density at radius 2 is 1.80 bits per heavy atom. The lowest BCUT2D eigenvalue weighted by molar-refractivity contribution is -0.122. The molecule has 0 radical (unpaired) electrons. The van der Waals surface area contributed by atoms with Crippen molar-refractivity contribution in [3.63, 3.8) is 0 Å². The van der Waals surface area contributed by atoms with Crippen molar-refractivity contribution in [2.75, 3.05) is 16.8 Å². The summed E-state index contributed by atoms with van der Waals surface area (Å²) in [4.78, 5) is 50.8. The average molecular weight is 490 g/mol. The summed E-state index contributed by atoms with van der Waals surface area (Å²) < 4.78 is 5.57. The Balaban J connectivity index is 1.49. The molecule has 1 aliphatic heterocycles. The Morgan fingerprint density at radius 3 is 2.57 bits per heavy atom. The topological polar surface area (TPSA) is 105 Å². The number of carbonyl (C=O) groups is 4. The zero-order chi connectivity index (χ0) is 24.9. The van der Waals surface area contributed by atoms with Gasteiger partial charge in [-0.05, 0) is 66.6 Å². The first kappa shape index (κ1) is 23.7. The summed E-state index contributed by atoms with van der Waals surface area (Å²) in [5.74, 6) is -1.57. The van der Waals surface area contributed by atoms with Crippen molar-refractivity contribution < 1.29 is 23.9 Å². The molecule has 0 saturated carbocycles. The molecule has 8 nitrogen and oxygen atoms in total. The fraction of sp³-hybridized carbons (Fsp3) is 0.0769. The number of rotatable bonds is 6. The van der Waals surface area contributed by atoms with Crippen LogP contribution in [-0.4, -0.2) is 30.4 Å². The highest BCUT2D eigenvalue weighted by molar-refractivity contribution is 6.39. The van der Waals surface area contributed by atoms with Crippen LogP contribution >= 0.6 is 11.6 Å². The molecule has 3 aromatic carbocycles. The van der Waals surface area contributed by atoms with E-state index in [2.05, 4.69) is 10.6 Å². The highest BCUT2D eigenvalue weighted by Gasteiger charge is 2.36. The Kier molecular flexibility index (Phi) is 6.93. The van der Waals surface area contributed by atoms with Crippen LogP contribution in [0.15, 0.2) is 78.4 Å². The fourth-order valence-corrected chi connectivity index (χ4v) is 3.62. The van der Waals surface area contributed by atoms with Gasteiger partial charge in [-0.1, -0.05) is 41.9 Å². The minimum Gasteiger partial charge on any atom is -0.484 e. The number of benzene rings is 3. The van der Waals surface area contributed by atoms with Crippen LogP contribution in [0.4, 0.5) is 16.2 Å². The number of imide groups is 2. The predicted octanol–water partition coefficient (Wildman–Crippen LogP) is 4.33. The quantitative estimate of drug-likeness (QED) is 0.396. The summed E-state index contributed by atoms with van der Waals surface area (Å²) in [7, 11) is 0. The maximum absolute atomic E-state index is 13.0. The van der Waals surface area contributed by atoms with E-state index in [-0.39, 0.29) is 23.8 Å². The van der Waals surface area contributed by atoms with E-state index in [4.69, 9.17) is 16.3 Å².